The second kappa shape index (κ2) is 5.57. The third kappa shape index (κ3) is 3.04. The van der Waals surface area contributed by atoms with Crippen LogP contribution in [0.15, 0.2) is 18.2 Å². The number of carbonyl (C=O) groups is 1. The standard InChI is InChI=1S/C13H14BrClFNO/c1-17(7-8-4-9(14)5-8)13(18)11-6-10(15)2-3-12(11)16/h2-3,6,8-9H,4-5,7H2,1H3. The van der Waals surface area contributed by atoms with Crippen LogP contribution in [0, 0.1) is 11.7 Å². The maximum atomic E-state index is 13.6. The molecule has 1 fully saturated rings. The van der Waals surface area contributed by atoms with E-state index in [4.69, 9.17) is 11.6 Å². The van der Waals surface area contributed by atoms with E-state index in [9.17, 15) is 9.18 Å². The minimum Gasteiger partial charge on any atom is -0.341 e. The fourth-order valence-corrected chi connectivity index (χ4v) is 3.37. The number of hydrogen-bond donors (Lipinski definition) is 0. The molecule has 1 amide bonds. The Morgan fingerprint density at radius 3 is 2.83 bits per heavy atom. The Morgan fingerprint density at radius 2 is 2.22 bits per heavy atom. The third-order valence-electron chi connectivity index (χ3n) is 3.22. The van der Waals surface area contributed by atoms with Crippen molar-refractivity contribution in [2.45, 2.75) is 17.7 Å². The number of nitrogens with zero attached hydrogens (tertiary/aromatic N) is 1. The van der Waals surface area contributed by atoms with Crippen LogP contribution >= 0.6 is 27.5 Å². The highest BCUT2D eigenvalue weighted by Gasteiger charge is 2.29. The van der Waals surface area contributed by atoms with E-state index in [1.165, 1.54) is 18.2 Å². The molecule has 0 aromatic heterocycles. The molecule has 2 nitrogen and oxygen atoms in total. The van der Waals surface area contributed by atoms with Crippen LogP contribution in [-0.2, 0) is 0 Å². The van der Waals surface area contributed by atoms with Gasteiger partial charge in [0.05, 0.1) is 5.56 Å². The van der Waals surface area contributed by atoms with E-state index in [2.05, 4.69) is 15.9 Å². The second-order valence-corrected chi connectivity index (χ2v) is 6.48. The van der Waals surface area contributed by atoms with Crippen molar-refractivity contribution in [3.8, 4) is 0 Å². The molecule has 1 aliphatic rings. The molecule has 0 radical (unpaired) electrons. The van der Waals surface area contributed by atoms with Gasteiger partial charge in [-0.25, -0.2) is 4.39 Å². The van der Waals surface area contributed by atoms with Crippen molar-refractivity contribution in [2.24, 2.45) is 5.92 Å². The molecule has 0 atom stereocenters. The van der Waals surface area contributed by atoms with Crippen LogP contribution in [0.5, 0.6) is 0 Å². The predicted octanol–water partition coefficient (Wildman–Crippen LogP) is 3.72. The van der Waals surface area contributed by atoms with Crippen LogP contribution in [0.3, 0.4) is 0 Å². The van der Waals surface area contributed by atoms with Gasteiger partial charge in [0.15, 0.2) is 0 Å². The first-order valence-electron chi connectivity index (χ1n) is 5.82. The van der Waals surface area contributed by atoms with E-state index in [1.54, 1.807) is 11.9 Å². The summed E-state index contributed by atoms with van der Waals surface area (Å²) in [7, 11) is 1.70. The second-order valence-electron chi connectivity index (χ2n) is 4.74. The van der Waals surface area contributed by atoms with Gasteiger partial charge in [0.25, 0.3) is 5.91 Å². The van der Waals surface area contributed by atoms with Gasteiger partial charge in [0.2, 0.25) is 0 Å². The Bertz CT molecular complexity index is 462. The Labute approximate surface area is 119 Å². The molecule has 2 rings (SSSR count). The highest BCUT2D eigenvalue weighted by Crippen LogP contribution is 2.33. The summed E-state index contributed by atoms with van der Waals surface area (Å²) in [6, 6.07) is 4.04. The van der Waals surface area contributed by atoms with E-state index in [1.807, 2.05) is 0 Å². The van der Waals surface area contributed by atoms with E-state index >= 15 is 0 Å². The Kier molecular flexibility index (Phi) is 4.28. The monoisotopic (exact) mass is 333 g/mol. The van der Waals surface area contributed by atoms with Gasteiger partial charge in [-0.2, -0.15) is 0 Å². The number of alkyl halides is 1. The molecule has 0 heterocycles. The fourth-order valence-electron chi connectivity index (χ4n) is 2.14. The summed E-state index contributed by atoms with van der Waals surface area (Å²) >= 11 is 9.30. The molecule has 0 spiro atoms. The van der Waals surface area contributed by atoms with E-state index < -0.39 is 5.82 Å². The zero-order valence-electron chi connectivity index (χ0n) is 10.00. The maximum absolute atomic E-state index is 13.6. The van der Waals surface area contributed by atoms with Crippen molar-refractivity contribution in [2.75, 3.05) is 13.6 Å². The number of carbonyl (C=O) groups excluding carboxylic acids is 1. The molecule has 0 aliphatic heterocycles. The molecule has 1 aromatic rings. The molecule has 1 saturated carbocycles. The highest BCUT2D eigenvalue weighted by molar-refractivity contribution is 9.09. The molecule has 0 unspecified atom stereocenters. The van der Waals surface area contributed by atoms with Crippen molar-refractivity contribution in [1.29, 1.82) is 0 Å². The molecule has 98 valence electrons. The average Bonchev–Trinajstić information content (AvgIpc) is 2.29. The summed E-state index contributed by atoms with van der Waals surface area (Å²) in [5.74, 6) is -0.332. The van der Waals surface area contributed by atoms with Crippen LogP contribution in [0.2, 0.25) is 5.02 Å². The van der Waals surface area contributed by atoms with Crippen molar-refractivity contribution < 1.29 is 9.18 Å². The summed E-state index contributed by atoms with van der Waals surface area (Å²) in [5, 5.41) is 0.373. The van der Waals surface area contributed by atoms with Gasteiger partial charge in [-0.15, -0.1) is 0 Å². The van der Waals surface area contributed by atoms with Crippen LogP contribution < -0.4 is 0 Å². The fraction of sp³-hybridized carbons (Fsp3) is 0.462. The minimum absolute atomic E-state index is 0.0414. The first-order chi connectivity index (χ1) is 8.47. The zero-order chi connectivity index (χ0) is 13.3. The molecular weight excluding hydrogens is 321 g/mol. The van der Waals surface area contributed by atoms with Gasteiger partial charge in [-0.3, -0.25) is 4.79 Å². The Hall–Kier alpha value is -0.610. The molecule has 0 bridgehead atoms. The SMILES string of the molecule is CN(CC1CC(Br)C1)C(=O)c1cc(Cl)ccc1F. The summed E-state index contributed by atoms with van der Waals surface area (Å²) in [6.45, 7) is 0.660. The van der Waals surface area contributed by atoms with Gasteiger partial charge in [-0.1, -0.05) is 27.5 Å². The van der Waals surface area contributed by atoms with E-state index in [0.717, 1.165) is 12.8 Å². The average molecular weight is 335 g/mol. The van der Waals surface area contributed by atoms with Crippen LogP contribution in [0.4, 0.5) is 4.39 Å². The van der Waals surface area contributed by atoms with Crippen molar-refractivity contribution in [1.82, 2.24) is 4.90 Å². The summed E-state index contributed by atoms with van der Waals surface area (Å²) in [4.78, 5) is 14.2. The van der Waals surface area contributed by atoms with E-state index in [0.29, 0.717) is 22.3 Å². The lowest BCUT2D eigenvalue weighted by Gasteiger charge is -2.34. The predicted molar refractivity (Wildman–Crippen MR) is 73.8 cm³/mol. The highest BCUT2D eigenvalue weighted by atomic mass is 79.9. The topological polar surface area (TPSA) is 20.3 Å². The Balaban J connectivity index is 2.03. The third-order valence-corrected chi connectivity index (χ3v) is 4.20. The molecular formula is C13H14BrClFNO. The number of amides is 1. The summed E-state index contributed by atoms with van der Waals surface area (Å²) < 4.78 is 13.6. The molecule has 18 heavy (non-hydrogen) atoms. The number of benzene rings is 1. The van der Waals surface area contributed by atoms with Crippen LogP contribution in [-0.4, -0.2) is 29.2 Å². The number of rotatable bonds is 3. The smallest absolute Gasteiger partial charge is 0.256 e. The quantitative estimate of drug-likeness (QED) is 0.771. The first-order valence-corrected chi connectivity index (χ1v) is 7.11. The van der Waals surface area contributed by atoms with Crippen LogP contribution in [0.25, 0.3) is 0 Å². The number of halogens is 3. The molecule has 1 aliphatic carbocycles. The lowest BCUT2D eigenvalue weighted by atomic mass is 9.85. The lowest BCUT2D eigenvalue weighted by Crippen LogP contribution is -2.38. The zero-order valence-corrected chi connectivity index (χ0v) is 12.3. The maximum Gasteiger partial charge on any atom is 0.256 e. The minimum atomic E-state index is -0.525. The van der Waals surface area contributed by atoms with Gasteiger partial charge in [0, 0.05) is 23.4 Å². The summed E-state index contributed by atoms with van der Waals surface area (Å²) in [5.41, 5.74) is 0.0414. The molecule has 5 heteroatoms. The molecule has 0 N–H and O–H groups in total. The molecule has 1 aromatic carbocycles. The van der Waals surface area contributed by atoms with Gasteiger partial charge in [-0.05, 0) is 37.0 Å². The molecule has 0 saturated heterocycles. The van der Waals surface area contributed by atoms with Gasteiger partial charge >= 0.3 is 0 Å². The lowest BCUT2D eigenvalue weighted by molar-refractivity contribution is 0.0744. The first kappa shape index (κ1) is 13.8. The van der Waals surface area contributed by atoms with Crippen molar-refractivity contribution in [3.05, 3.63) is 34.6 Å². The van der Waals surface area contributed by atoms with Crippen molar-refractivity contribution >= 4 is 33.4 Å². The number of hydrogen-bond acceptors (Lipinski definition) is 1. The summed E-state index contributed by atoms with van der Waals surface area (Å²) in [6.07, 6.45) is 2.13. The van der Waals surface area contributed by atoms with Crippen LogP contribution in [0.1, 0.15) is 23.2 Å². The van der Waals surface area contributed by atoms with Crippen molar-refractivity contribution in [3.63, 3.8) is 0 Å². The Morgan fingerprint density at radius 1 is 1.56 bits per heavy atom. The normalized spacial score (nSPS) is 22.4. The van der Waals surface area contributed by atoms with E-state index in [-0.39, 0.29) is 11.5 Å². The largest absolute Gasteiger partial charge is 0.341 e. The van der Waals surface area contributed by atoms with Gasteiger partial charge in [0.1, 0.15) is 5.82 Å². The van der Waals surface area contributed by atoms with Gasteiger partial charge < -0.3 is 4.90 Å².